The minimum absolute atomic E-state index is 0. The van der Waals surface area contributed by atoms with Gasteiger partial charge in [0.05, 0.1) is 27.2 Å². The summed E-state index contributed by atoms with van der Waals surface area (Å²) in [6.07, 6.45) is 20.2. The van der Waals surface area contributed by atoms with Crippen molar-refractivity contribution < 1.29 is 9.59 Å². The molecular weight excluding hydrogens is 354 g/mol. The molecule has 1 rings (SSSR count). The van der Waals surface area contributed by atoms with Gasteiger partial charge in [0.25, 0.3) is 0 Å². The van der Waals surface area contributed by atoms with Crippen LogP contribution in [-0.4, -0.2) is 31.7 Å². The summed E-state index contributed by atoms with van der Waals surface area (Å²) < 4.78 is 1.11. The molecule has 0 atom stereocenters. The molecular formula is C27H51NO+. The molecule has 0 saturated heterocycles. The molecule has 1 radical (unpaired) electrons. The SMILES string of the molecule is CCCCCCCCCCCCCCCC[N+](C)(C)Cc1ccccc1.CC[O]. The zero-order valence-corrected chi connectivity index (χ0v) is 20.3. The van der Waals surface area contributed by atoms with E-state index < -0.39 is 0 Å². The smallest absolute Gasteiger partial charge is 0.104 e. The number of unbranched alkanes of at least 4 members (excludes halogenated alkanes) is 13. The van der Waals surface area contributed by atoms with Crippen molar-refractivity contribution in [2.75, 3.05) is 27.2 Å². The van der Waals surface area contributed by atoms with E-state index in [1.165, 1.54) is 102 Å². The lowest BCUT2D eigenvalue weighted by Crippen LogP contribution is -2.39. The molecule has 0 aliphatic heterocycles. The number of nitrogens with zero attached hydrogens (tertiary/aromatic N) is 1. The second-order valence-corrected chi connectivity index (χ2v) is 9.19. The molecule has 2 nitrogen and oxygen atoms in total. The van der Waals surface area contributed by atoms with Crippen LogP contribution in [0.4, 0.5) is 0 Å². The highest BCUT2D eigenvalue weighted by Gasteiger charge is 2.14. The van der Waals surface area contributed by atoms with Gasteiger partial charge in [-0.25, -0.2) is 5.11 Å². The summed E-state index contributed by atoms with van der Waals surface area (Å²) >= 11 is 0. The third kappa shape index (κ3) is 20.2. The van der Waals surface area contributed by atoms with Crippen molar-refractivity contribution in [1.82, 2.24) is 0 Å². The van der Waals surface area contributed by atoms with Crippen LogP contribution in [0, 0.1) is 0 Å². The number of hydrogen-bond donors (Lipinski definition) is 0. The highest BCUT2D eigenvalue weighted by Crippen LogP contribution is 2.14. The van der Waals surface area contributed by atoms with E-state index in [1.54, 1.807) is 6.92 Å². The average molecular weight is 406 g/mol. The molecule has 169 valence electrons. The van der Waals surface area contributed by atoms with Gasteiger partial charge in [-0.2, -0.15) is 0 Å². The number of benzene rings is 1. The second-order valence-electron chi connectivity index (χ2n) is 9.19. The second kappa shape index (κ2) is 20.4. The van der Waals surface area contributed by atoms with Crippen LogP contribution in [0.5, 0.6) is 0 Å². The Morgan fingerprint density at radius 2 is 1.00 bits per heavy atom. The van der Waals surface area contributed by atoms with Crippen LogP contribution in [0.3, 0.4) is 0 Å². The van der Waals surface area contributed by atoms with E-state index >= 15 is 0 Å². The van der Waals surface area contributed by atoms with Gasteiger partial charge < -0.3 is 4.48 Å². The molecule has 0 amide bonds. The van der Waals surface area contributed by atoms with E-state index in [0.717, 1.165) is 11.0 Å². The molecule has 29 heavy (non-hydrogen) atoms. The van der Waals surface area contributed by atoms with Crippen LogP contribution >= 0.6 is 0 Å². The average Bonchev–Trinajstić information content (AvgIpc) is 2.69. The lowest BCUT2D eigenvalue weighted by molar-refractivity contribution is -0.903. The fourth-order valence-corrected chi connectivity index (χ4v) is 3.89. The molecule has 0 heterocycles. The Kier molecular flexibility index (Phi) is 19.8. The molecule has 0 aliphatic carbocycles. The maximum Gasteiger partial charge on any atom is 0.104 e. The van der Waals surface area contributed by atoms with Gasteiger partial charge in [-0.15, -0.1) is 0 Å². The first-order valence-corrected chi connectivity index (χ1v) is 12.5. The van der Waals surface area contributed by atoms with E-state index in [-0.39, 0.29) is 6.61 Å². The Bertz CT molecular complexity index is 429. The molecule has 0 fully saturated rings. The molecule has 1 aromatic rings. The maximum atomic E-state index is 8.93. The number of rotatable bonds is 17. The molecule has 0 bridgehead atoms. The Morgan fingerprint density at radius 3 is 1.41 bits per heavy atom. The van der Waals surface area contributed by atoms with Crippen LogP contribution in [0.1, 0.15) is 109 Å². The van der Waals surface area contributed by atoms with Gasteiger partial charge in [0.1, 0.15) is 6.54 Å². The first kappa shape index (κ1) is 28.1. The minimum Gasteiger partial charge on any atom is -0.325 e. The first-order valence-electron chi connectivity index (χ1n) is 12.5. The summed E-state index contributed by atoms with van der Waals surface area (Å²) in [7, 11) is 4.74. The molecule has 0 N–H and O–H groups in total. The van der Waals surface area contributed by atoms with Gasteiger partial charge in [0.15, 0.2) is 0 Å². The Balaban J connectivity index is 0.00000245. The Labute approximate surface area is 183 Å². The summed E-state index contributed by atoms with van der Waals surface area (Å²) in [6, 6.07) is 10.9. The molecule has 0 aliphatic rings. The monoisotopic (exact) mass is 405 g/mol. The summed E-state index contributed by atoms with van der Waals surface area (Å²) in [4.78, 5) is 0. The van der Waals surface area contributed by atoms with Crippen LogP contribution in [-0.2, 0) is 11.7 Å². The largest absolute Gasteiger partial charge is 0.325 e. The summed E-state index contributed by atoms with van der Waals surface area (Å²) in [5.74, 6) is 0. The molecule has 2 heteroatoms. The van der Waals surface area contributed by atoms with Gasteiger partial charge in [0, 0.05) is 5.56 Å². The zero-order chi connectivity index (χ0) is 21.6. The summed E-state index contributed by atoms with van der Waals surface area (Å²) in [5, 5.41) is 8.93. The summed E-state index contributed by atoms with van der Waals surface area (Å²) in [5.41, 5.74) is 1.46. The normalized spacial score (nSPS) is 11.2. The lowest BCUT2D eigenvalue weighted by atomic mass is 10.0. The minimum atomic E-state index is 0. The van der Waals surface area contributed by atoms with E-state index in [4.69, 9.17) is 5.11 Å². The number of hydrogen-bond acceptors (Lipinski definition) is 0. The van der Waals surface area contributed by atoms with Crippen molar-refractivity contribution in [2.45, 2.75) is 110 Å². The van der Waals surface area contributed by atoms with Crippen molar-refractivity contribution in [3.05, 3.63) is 35.9 Å². The first-order chi connectivity index (χ1) is 14.1. The summed E-state index contributed by atoms with van der Waals surface area (Å²) in [6.45, 7) is 6.32. The highest BCUT2D eigenvalue weighted by atomic mass is 16.2. The Hall–Kier alpha value is -0.860. The number of quaternary nitrogens is 1. The molecule has 1 aromatic carbocycles. The van der Waals surface area contributed by atoms with Crippen LogP contribution in [0.25, 0.3) is 0 Å². The third-order valence-corrected chi connectivity index (χ3v) is 5.57. The third-order valence-electron chi connectivity index (χ3n) is 5.57. The standard InChI is InChI=1S/C25H46N.C2H5O/c1-4-5-6-7-8-9-10-11-12-13-14-15-16-20-23-26(2,3)24-25-21-18-17-19-22-25;1-2-3/h17-19,21-22H,4-16,20,23-24H2,1-3H3;2H2,1H3/q+1;. The molecule has 0 saturated carbocycles. The van der Waals surface area contributed by atoms with Gasteiger partial charge in [0.2, 0.25) is 0 Å². The Morgan fingerprint density at radius 1 is 0.621 bits per heavy atom. The van der Waals surface area contributed by atoms with Gasteiger partial charge in [-0.3, -0.25) is 0 Å². The van der Waals surface area contributed by atoms with Crippen molar-refractivity contribution in [2.24, 2.45) is 0 Å². The zero-order valence-electron chi connectivity index (χ0n) is 20.3. The predicted molar refractivity (Wildman–Crippen MR) is 129 cm³/mol. The maximum absolute atomic E-state index is 8.93. The van der Waals surface area contributed by atoms with Crippen molar-refractivity contribution in [3.63, 3.8) is 0 Å². The van der Waals surface area contributed by atoms with Gasteiger partial charge in [-0.1, -0.05) is 114 Å². The fraction of sp³-hybridized carbons (Fsp3) is 0.778. The van der Waals surface area contributed by atoms with E-state index in [1.807, 2.05) is 0 Å². The molecule has 0 aromatic heterocycles. The van der Waals surface area contributed by atoms with Crippen molar-refractivity contribution in [3.8, 4) is 0 Å². The van der Waals surface area contributed by atoms with Gasteiger partial charge >= 0.3 is 0 Å². The molecule has 0 spiro atoms. The van der Waals surface area contributed by atoms with Crippen molar-refractivity contribution in [1.29, 1.82) is 0 Å². The van der Waals surface area contributed by atoms with E-state index in [2.05, 4.69) is 51.4 Å². The van der Waals surface area contributed by atoms with Crippen molar-refractivity contribution >= 4 is 0 Å². The lowest BCUT2D eigenvalue weighted by Gasteiger charge is -2.30. The topological polar surface area (TPSA) is 19.9 Å². The predicted octanol–water partition coefficient (Wildman–Crippen LogP) is 8.18. The highest BCUT2D eigenvalue weighted by molar-refractivity contribution is 5.13. The van der Waals surface area contributed by atoms with Crippen LogP contribution in [0.2, 0.25) is 0 Å². The van der Waals surface area contributed by atoms with E-state index in [9.17, 15) is 0 Å². The van der Waals surface area contributed by atoms with Gasteiger partial charge in [-0.05, 0) is 19.8 Å². The fourth-order valence-electron chi connectivity index (χ4n) is 3.89. The quantitative estimate of drug-likeness (QED) is 0.184. The van der Waals surface area contributed by atoms with Crippen LogP contribution < -0.4 is 0 Å². The van der Waals surface area contributed by atoms with Crippen LogP contribution in [0.15, 0.2) is 30.3 Å². The molecule has 0 unspecified atom stereocenters. The van der Waals surface area contributed by atoms with E-state index in [0.29, 0.717) is 0 Å².